The van der Waals surface area contributed by atoms with E-state index in [4.69, 9.17) is 9.52 Å². The van der Waals surface area contributed by atoms with Crippen LogP contribution in [-0.2, 0) is 6.54 Å². The Labute approximate surface area is 120 Å². The zero-order chi connectivity index (χ0) is 15.0. The number of furan rings is 1. The van der Waals surface area contributed by atoms with Gasteiger partial charge in [-0.1, -0.05) is 0 Å². The van der Waals surface area contributed by atoms with Crippen molar-refractivity contribution < 1.29 is 19.1 Å². The molecule has 1 saturated carbocycles. The van der Waals surface area contributed by atoms with Crippen LogP contribution in [0.25, 0.3) is 0 Å². The lowest BCUT2D eigenvalue weighted by Gasteiger charge is -1.99. The molecule has 0 bridgehead atoms. The number of aromatic nitrogens is 2. The van der Waals surface area contributed by atoms with E-state index in [9.17, 15) is 9.59 Å². The molecule has 1 amide bonds. The molecule has 2 heterocycles. The smallest absolute Gasteiger partial charge is 0.339 e. The van der Waals surface area contributed by atoms with Crippen LogP contribution in [0.4, 0.5) is 0 Å². The summed E-state index contributed by atoms with van der Waals surface area (Å²) in [7, 11) is 0. The molecule has 3 N–H and O–H groups in total. The highest BCUT2D eigenvalue weighted by Gasteiger charge is 2.26. The van der Waals surface area contributed by atoms with Crippen LogP contribution in [-0.4, -0.2) is 27.2 Å². The van der Waals surface area contributed by atoms with E-state index >= 15 is 0 Å². The summed E-state index contributed by atoms with van der Waals surface area (Å²) in [5.74, 6) is -0.136. The van der Waals surface area contributed by atoms with Gasteiger partial charge in [0.2, 0.25) is 0 Å². The van der Waals surface area contributed by atoms with E-state index in [1.807, 2.05) is 0 Å². The molecule has 1 aliphatic rings. The molecule has 2 aromatic heterocycles. The normalized spacial score (nSPS) is 14.1. The predicted octanol–water partition coefficient (Wildman–Crippen LogP) is 1.82. The molecule has 0 atom stereocenters. The summed E-state index contributed by atoms with van der Waals surface area (Å²) in [5.41, 5.74) is 1.43. The van der Waals surface area contributed by atoms with Crippen molar-refractivity contribution in [3.8, 4) is 0 Å². The maximum Gasteiger partial charge on any atom is 0.339 e. The second-order valence-electron chi connectivity index (χ2n) is 5.15. The fraction of sp³-hybridized carbons (Fsp3) is 0.357. The summed E-state index contributed by atoms with van der Waals surface area (Å²) in [6, 6.07) is 3.17. The highest BCUT2D eigenvalue weighted by Crippen LogP contribution is 2.38. The van der Waals surface area contributed by atoms with Crippen LogP contribution in [0.2, 0.25) is 0 Å². The molecule has 0 aromatic carbocycles. The quantitative estimate of drug-likeness (QED) is 0.778. The summed E-state index contributed by atoms with van der Waals surface area (Å²) in [4.78, 5) is 22.9. The fourth-order valence-electron chi connectivity index (χ4n) is 2.16. The molecule has 0 aliphatic heterocycles. The Morgan fingerprint density at radius 2 is 2.24 bits per heavy atom. The number of carbonyl (C=O) groups excluding carboxylic acids is 1. The van der Waals surface area contributed by atoms with Crippen molar-refractivity contribution in [3.05, 3.63) is 40.6 Å². The van der Waals surface area contributed by atoms with Gasteiger partial charge in [0.05, 0.1) is 6.54 Å². The van der Waals surface area contributed by atoms with Crippen molar-refractivity contribution in [1.82, 2.24) is 15.5 Å². The number of H-pyrrole nitrogens is 1. The van der Waals surface area contributed by atoms with Gasteiger partial charge >= 0.3 is 5.97 Å². The standard InChI is InChI=1S/C14H15N3O4/c1-7-10(14(19)20)4-9(21-7)6-15-13(18)12-5-11(16-17-12)8-2-3-8/h4-5,8H,2-3,6H2,1H3,(H,15,18)(H,16,17)(H,19,20). The molecule has 110 valence electrons. The summed E-state index contributed by atoms with van der Waals surface area (Å²) in [5, 5.41) is 18.4. The van der Waals surface area contributed by atoms with Gasteiger partial charge in [0, 0.05) is 11.6 Å². The number of carbonyl (C=O) groups is 2. The zero-order valence-electron chi connectivity index (χ0n) is 11.5. The number of rotatable bonds is 5. The lowest BCUT2D eigenvalue weighted by molar-refractivity contribution is 0.0694. The molecule has 7 nitrogen and oxygen atoms in total. The Hall–Kier alpha value is -2.57. The number of nitrogens with zero attached hydrogens (tertiary/aromatic N) is 1. The number of aromatic amines is 1. The third-order valence-electron chi connectivity index (χ3n) is 3.47. The van der Waals surface area contributed by atoms with E-state index in [-0.39, 0.29) is 18.0 Å². The minimum absolute atomic E-state index is 0.107. The van der Waals surface area contributed by atoms with E-state index in [2.05, 4.69) is 15.5 Å². The Morgan fingerprint density at radius 1 is 1.48 bits per heavy atom. The van der Waals surface area contributed by atoms with E-state index in [0.717, 1.165) is 18.5 Å². The summed E-state index contributed by atoms with van der Waals surface area (Å²) >= 11 is 0. The largest absolute Gasteiger partial charge is 0.478 e. The third-order valence-corrected chi connectivity index (χ3v) is 3.47. The lowest BCUT2D eigenvalue weighted by atomic mass is 10.2. The predicted molar refractivity (Wildman–Crippen MR) is 72.1 cm³/mol. The first-order valence-electron chi connectivity index (χ1n) is 6.70. The van der Waals surface area contributed by atoms with Gasteiger partial charge in [0.15, 0.2) is 0 Å². The van der Waals surface area contributed by atoms with Crippen LogP contribution in [0.15, 0.2) is 16.5 Å². The molecule has 3 rings (SSSR count). The van der Waals surface area contributed by atoms with Crippen LogP contribution in [0.1, 0.15) is 56.8 Å². The number of aryl methyl sites for hydroxylation is 1. The monoisotopic (exact) mass is 289 g/mol. The Morgan fingerprint density at radius 3 is 2.86 bits per heavy atom. The highest BCUT2D eigenvalue weighted by atomic mass is 16.4. The average molecular weight is 289 g/mol. The van der Waals surface area contributed by atoms with Crippen molar-refractivity contribution >= 4 is 11.9 Å². The molecule has 0 unspecified atom stereocenters. The number of aromatic carboxylic acids is 1. The van der Waals surface area contributed by atoms with Crippen LogP contribution in [0.3, 0.4) is 0 Å². The number of carboxylic acid groups (broad SMARTS) is 1. The van der Waals surface area contributed by atoms with Gasteiger partial charge in [0.1, 0.15) is 22.8 Å². The van der Waals surface area contributed by atoms with Crippen LogP contribution < -0.4 is 5.32 Å². The molecule has 0 spiro atoms. The van der Waals surface area contributed by atoms with E-state index < -0.39 is 5.97 Å². The first kappa shape index (κ1) is 13.4. The number of carboxylic acids is 1. The number of nitrogens with one attached hydrogen (secondary N) is 2. The SMILES string of the molecule is Cc1oc(CNC(=O)c2cc(C3CC3)[nH]n2)cc1C(=O)O. The van der Waals surface area contributed by atoms with Gasteiger partial charge in [0.25, 0.3) is 5.91 Å². The van der Waals surface area contributed by atoms with Gasteiger partial charge in [-0.05, 0) is 31.9 Å². The van der Waals surface area contributed by atoms with Crippen LogP contribution >= 0.6 is 0 Å². The van der Waals surface area contributed by atoms with Crippen molar-refractivity contribution in [2.24, 2.45) is 0 Å². The average Bonchev–Trinajstić information content (AvgIpc) is 3.05. The van der Waals surface area contributed by atoms with Gasteiger partial charge in [-0.15, -0.1) is 0 Å². The molecule has 0 radical (unpaired) electrons. The van der Waals surface area contributed by atoms with Crippen molar-refractivity contribution in [1.29, 1.82) is 0 Å². The number of hydrogen-bond acceptors (Lipinski definition) is 4. The summed E-state index contributed by atoms with van der Waals surface area (Å²) < 4.78 is 5.29. The van der Waals surface area contributed by atoms with Crippen molar-refractivity contribution in [2.45, 2.75) is 32.2 Å². The summed E-state index contributed by atoms with van der Waals surface area (Å²) in [6.45, 7) is 1.70. The molecule has 21 heavy (non-hydrogen) atoms. The first-order valence-corrected chi connectivity index (χ1v) is 6.70. The highest BCUT2D eigenvalue weighted by molar-refractivity contribution is 5.92. The maximum absolute atomic E-state index is 11.9. The fourth-order valence-corrected chi connectivity index (χ4v) is 2.16. The number of amides is 1. The molecule has 2 aromatic rings. The minimum Gasteiger partial charge on any atom is -0.478 e. The van der Waals surface area contributed by atoms with Crippen LogP contribution in [0, 0.1) is 6.92 Å². The Bertz CT molecular complexity index is 697. The van der Waals surface area contributed by atoms with E-state index in [1.54, 1.807) is 13.0 Å². The van der Waals surface area contributed by atoms with E-state index in [1.165, 1.54) is 6.07 Å². The molecule has 0 saturated heterocycles. The Balaban J connectivity index is 1.62. The van der Waals surface area contributed by atoms with Gasteiger partial charge < -0.3 is 14.8 Å². The van der Waals surface area contributed by atoms with Crippen molar-refractivity contribution in [2.75, 3.05) is 0 Å². The van der Waals surface area contributed by atoms with Gasteiger partial charge in [-0.25, -0.2) is 4.79 Å². The lowest BCUT2D eigenvalue weighted by Crippen LogP contribution is -2.22. The van der Waals surface area contributed by atoms with Gasteiger partial charge in [-0.2, -0.15) is 5.10 Å². The maximum atomic E-state index is 11.9. The zero-order valence-corrected chi connectivity index (χ0v) is 11.5. The van der Waals surface area contributed by atoms with E-state index in [0.29, 0.717) is 23.1 Å². The molecular weight excluding hydrogens is 274 g/mol. The second-order valence-corrected chi connectivity index (χ2v) is 5.15. The topological polar surface area (TPSA) is 108 Å². The minimum atomic E-state index is -1.05. The molecule has 1 fully saturated rings. The molecular formula is C14H15N3O4. The number of hydrogen-bond donors (Lipinski definition) is 3. The first-order chi connectivity index (χ1) is 10.0. The van der Waals surface area contributed by atoms with Gasteiger partial charge in [-0.3, -0.25) is 9.89 Å². The van der Waals surface area contributed by atoms with Crippen molar-refractivity contribution in [3.63, 3.8) is 0 Å². The van der Waals surface area contributed by atoms with Crippen LogP contribution in [0.5, 0.6) is 0 Å². The molecule has 7 heteroatoms. The summed E-state index contributed by atoms with van der Waals surface area (Å²) in [6.07, 6.45) is 2.26. The Kier molecular flexibility index (Phi) is 3.25. The second kappa shape index (κ2) is 5.08. The molecule has 1 aliphatic carbocycles. The third kappa shape index (κ3) is 2.81.